The van der Waals surface area contributed by atoms with E-state index in [0.29, 0.717) is 19.5 Å². The average Bonchev–Trinajstić information content (AvgIpc) is 2.98. The summed E-state index contributed by atoms with van der Waals surface area (Å²) in [5.74, 6) is 0.731. The highest BCUT2D eigenvalue weighted by molar-refractivity contribution is 5.21. The van der Waals surface area contributed by atoms with E-state index in [1.165, 1.54) is 12.1 Å². The summed E-state index contributed by atoms with van der Waals surface area (Å²) in [6, 6.07) is 6.65. The van der Waals surface area contributed by atoms with Crippen LogP contribution in [-0.4, -0.2) is 32.2 Å². The van der Waals surface area contributed by atoms with Gasteiger partial charge in [0, 0.05) is 32.0 Å². The standard InChI is InChI=1S/C15H18FN3O/c1-18-7-6-17-15(18)10-19-9-13(20)8-14(19)11-2-4-12(16)5-3-11/h2-7,13-14,20H,8-10H2,1H3/t13-,14+/m1/s1. The van der Waals surface area contributed by atoms with Crippen LogP contribution in [0.25, 0.3) is 0 Å². The summed E-state index contributed by atoms with van der Waals surface area (Å²) in [6.45, 7) is 1.30. The van der Waals surface area contributed by atoms with Crippen molar-refractivity contribution in [2.75, 3.05) is 6.54 Å². The van der Waals surface area contributed by atoms with Crippen molar-refractivity contribution in [1.82, 2.24) is 14.5 Å². The SMILES string of the molecule is Cn1ccnc1CN1C[C@H](O)C[C@H]1c1ccc(F)cc1. The number of rotatable bonds is 3. The molecule has 5 heteroatoms. The van der Waals surface area contributed by atoms with E-state index in [1.54, 1.807) is 18.3 Å². The number of halogens is 1. The summed E-state index contributed by atoms with van der Waals surface area (Å²) in [4.78, 5) is 6.52. The van der Waals surface area contributed by atoms with Crippen molar-refractivity contribution in [3.8, 4) is 0 Å². The van der Waals surface area contributed by atoms with Crippen LogP contribution in [0.4, 0.5) is 4.39 Å². The lowest BCUT2D eigenvalue weighted by Crippen LogP contribution is -2.25. The molecular weight excluding hydrogens is 257 g/mol. The van der Waals surface area contributed by atoms with Crippen LogP contribution in [0.3, 0.4) is 0 Å². The molecular formula is C15H18FN3O. The topological polar surface area (TPSA) is 41.3 Å². The van der Waals surface area contributed by atoms with Gasteiger partial charge < -0.3 is 9.67 Å². The third-order valence-electron chi connectivity index (χ3n) is 3.90. The fourth-order valence-electron chi connectivity index (χ4n) is 2.82. The number of hydrogen-bond donors (Lipinski definition) is 1. The quantitative estimate of drug-likeness (QED) is 0.929. The largest absolute Gasteiger partial charge is 0.392 e. The molecule has 0 unspecified atom stereocenters. The van der Waals surface area contributed by atoms with E-state index in [9.17, 15) is 9.50 Å². The molecule has 2 aromatic rings. The summed E-state index contributed by atoms with van der Waals surface area (Å²) >= 11 is 0. The molecule has 1 aliphatic heterocycles. The second kappa shape index (κ2) is 5.34. The van der Waals surface area contributed by atoms with Crippen molar-refractivity contribution in [1.29, 1.82) is 0 Å². The summed E-state index contributed by atoms with van der Waals surface area (Å²) in [7, 11) is 1.96. The maximum Gasteiger partial charge on any atom is 0.123 e. The molecule has 0 amide bonds. The fraction of sp³-hybridized carbons (Fsp3) is 0.400. The summed E-state index contributed by atoms with van der Waals surface area (Å²) in [5, 5.41) is 9.94. The smallest absolute Gasteiger partial charge is 0.123 e. The number of aryl methyl sites for hydroxylation is 1. The average molecular weight is 275 g/mol. The van der Waals surface area contributed by atoms with E-state index in [1.807, 2.05) is 17.8 Å². The fourth-order valence-corrected chi connectivity index (χ4v) is 2.82. The van der Waals surface area contributed by atoms with Gasteiger partial charge in [-0.25, -0.2) is 9.37 Å². The van der Waals surface area contributed by atoms with Crippen molar-refractivity contribution in [2.24, 2.45) is 7.05 Å². The van der Waals surface area contributed by atoms with Gasteiger partial charge in [0.05, 0.1) is 12.6 Å². The van der Waals surface area contributed by atoms with Crippen LogP contribution < -0.4 is 0 Å². The van der Waals surface area contributed by atoms with Crippen LogP contribution in [0.2, 0.25) is 0 Å². The van der Waals surface area contributed by atoms with Gasteiger partial charge in [0.1, 0.15) is 11.6 Å². The number of β-amino-alcohol motifs (C(OH)–C–C–N with tert-alkyl or cyclic N) is 1. The Bertz CT molecular complexity index is 581. The van der Waals surface area contributed by atoms with Gasteiger partial charge in [0.15, 0.2) is 0 Å². The van der Waals surface area contributed by atoms with Crippen LogP contribution in [0, 0.1) is 5.82 Å². The second-order valence-electron chi connectivity index (χ2n) is 5.34. The Morgan fingerprint density at radius 3 is 2.75 bits per heavy atom. The zero-order valence-electron chi connectivity index (χ0n) is 11.4. The van der Waals surface area contributed by atoms with Crippen molar-refractivity contribution in [3.63, 3.8) is 0 Å². The molecule has 1 aromatic carbocycles. The number of likely N-dealkylation sites (tertiary alicyclic amines) is 1. The first kappa shape index (κ1) is 13.3. The molecule has 0 spiro atoms. The first-order valence-corrected chi connectivity index (χ1v) is 6.77. The van der Waals surface area contributed by atoms with Crippen molar-refractivity contribution in [2.45, 2.75) is 25.1 Å². The minimum atomic E-state index is -0.342. The van der Waals surface area contributed by atoms with Crippen LogP contribution >= 0.6 is 0 Å². The lowest BCUT2D eigenvalue weighted by Gasteiger charge is -2.24. The lowest BCUT2D eigenvalue weighted by atomic mass is 10.0. The molecule has 1 N–H and O–H groups in total. The van der Waals surface area contributed by atoms with E-state index in [-0.39, 0.29) is 18.0 Å². The van der Waals surface area contributed by atoms with Gasteiger partial charge in [-0.05, 0) is 24.1 Å². The normalized spacial score (nSPS) is 23.4. The Balaban J connectivity index is 1.81. The van der Waals surface area contributed by atoms with Gasteiger partial charge >= 0.3 is 0 Å². The molecule has 4 nitrogen and oxygen atoms in total. The molecule has 0 bridgehead atoms. The minimum Gasteiger partial charge on any atom is -0.392 e. The molecule has 106 valence electrons. The maximum atomic E-state index is 13.0. The van der Waals surface area contributed by atoms with Gasteiger partial charge in [0.2, 0.25) is 0 Å². The Morgan fingerprint density at radius 1 is 1.35 bits per heavy atom. The van der Waals surface area contributed by atoms with Crippen molar-refractivity contribution in [3.05, 3.63) is 53.9 Å². The monoisotopic (exact) mass is 275 g/mol. The second-order valence-corrected chi connectivity index (χ2v) is 5.34. The van der Waals surface area contributed by atoms with E-state index in [2.05, 4.69) is 9.88 Å². The molecule has 0 radical (unpaired) electrons. The van der Waals surface area contributed by atoms with E-state index in [0.717, 1.165) is 11.4 Å². The predicted molar refractivity (Wildman–Crippen MR) is 73.4 cm³/mol. The van der Waals surface area contributed by atoms with Crippen molar-refractivity contribution >= 4 is 0 Å². The molecule has 1 fully saturated rings. The number of nitrogens with zero attached hydrogens (tertiary/aromatic N) is 3. The van der Waals surface area contributed by atoms with Gasteiger partial charge in [-0.2, -0.15) is 0 Å². The Hall–Kier alpha value is -1.72. The van der Waals surface area contributed by atoms with E-state index >= 15 is 0 Å². The number of aromatic nitrogens is 2. The van der Waals surface area contributed by atoms with Crippen LogP contribution in [-0.2, 0) is 13.6 Å². The Morgan fingerprint density at radius 2 is 2.10 bits per heavy atom. The molecule has 0 aliphatic carbocycles. The number of hydrogen-bond acceptors (Lipinski definition) is 3. The van der Waals surface area contributed by atoms with Gasteiger partial charge in [-0.1, -0.05) is 12.1 Å². The highest BCUT2D eigenvalue weighted by Crippen LogP contribution is 2.33. The van der Waals surface area contributed by atoms with Crippen LogP contribution in [0.5, 0.6) is 0 Å². The predicted octanol–water partition coefficient (Wildman–Crippen LogP) is 1.87. The number of aliphatic hydroxyl groups is 1. The highest BCUT2D eigenvalue weighted by atomic mass is 19.1. The third kappa shape index (κ3) is 2.59. The summed E-state index contributed by atoms with van der Waals surface area (Å²) < 4.78 is 15.0. The summed E-state index contributed by atoms with van der Waals surface area (Å²) in [6.07, 6.45) is 4.02. The lowest BCUT2D eigenvalue weighted by molar-refractivity contribution is 0.171. The molecule has 2 heterocycles. The number of aliphatic hydroxyl groups excluding tert-OH is 1. The molecule has 20 heavy (non-hydrogen) atoms. The third-order valence-corrected chi connectivity index (χ3v) is 3.90. The first-order valence-electron chi connectivity index (χ1n) is 6.77. The highest BCUT2D eigenvalue weighted by Gasteiger charge is 2.32. The Labute approximate surface area is 117 Å². The van der Waals surface area contributed by atoms with Crippen molar-refractivity contribution < 1.29 is 9.50 Å². The van der Waals surface area contributed by atoms with E-state index in [4.69, 9.17) is 0 Å². The summed E-state index contributed by atoms with van der Waals surface area (Å²) in [5.41, 5.74) is 1.04. The number of benzene rings is 1. The van der Waals surface area contributed by atoms with E-state index < -0.39 is 0 Å². The van der Waals surface area contributed by atoms with Crippen LogP contribution in [0.15, 0.2) is 36.7 Å². The molecule has 3 rings (SSSR count). The zero-order valence-corrected chi connectivity index (χ0v) is 11.4. The van der Waals surface area contributed by atoms with Gasteiger partial charge in [0.25, 0.3) is 0 Å². The first-order chi connectivity index (χ1) is 9.63. The van der Waals surface area contributed by atoms with Gasteiger partial charge in [-0.15, -0.1) is 0 Å². The zero-order chi connectivity index (χ0) is 14.1. The molecule has 0 saturated carbocycles. The van der Waals surface area contributed by atoms with Gasteiger partial charge in [-0.3, -0.25) is 4.90 Å². The number of imidazole rings is 1. The molecule has 2 atom stereocenters. The Kier molecular flexibility index (Phi) is 3.54. The minimum absolute atomic E-state index is 0.113. The molecule has 1 saturated heterocycles. The maximum absolute atomic E-state index is 13.0. The molecule has 1 aromatic heterocycles. The van der Waals surface area contributed by atoms with Crippen LogP contribution in [0.1, 0.15) is 23.9 Å². The molecule has 1 aliphatic rings.